The molecule has 3 rings (SSSR count). The third-order valence-electron chi connectivity index (χ3n) is 5.03. The van der Waals surface area contributed by atoms with E-state index in [1.807, 2.05) is 30.3 Å². The molecule has 158 valence electrons. The van der Waals surface area contributed by atoms with E-state index in [9.17, 15) is 14.7 Å². The van der Waals surface area contributed by atoms with Crippen LogP contribution in [0, 0.1) is 0 Å². The number of hydrogen-bond acceptors (Lipinski definition) is 5. The highest BCUT2D eigenvalue weighted by atomic mass is 16.5. The lowest BCUT2D eigenvalue weighted by molar-refractivity contribution is -0.135. The first-order chi connectivity index (χ1) is 14.5. The molecular formula is C23H27N3O4. The monoisotopic (exact) mass is 409 g/mol. The van der Waals surface area contributed by atoms with Crippen molar-refractivity contribution in [3.63, 3.8) is 0 Å². The largest absolute Gasteiger partial charge is 0.497 e. The quantitative estimate of drug-likeness (QED) is 0.722. The van der Waals surface area contributed by atoms with Gasteiger partial charge in [-0.1, -0.05) is 30.3 Å². The minimum Gasteiger partial charge on any atom is -0.497 e. The summed E-state index contributed by atoms with van der Waals surface area (Å²) in [6.45, 7) is 2.51. The molecule has 0 aliphatic carbocycles. The molecule has 2 aromatic rings. The van der Waals surface area contributed by atoms with Gasteiger partial charge < -0.3 is 24.5 Å². The number of ether oxygens (including phenoxy) is 1. The van der Waals surface area contributed by atoms with Gasteiger partial charge in [-0.2, -0.15) is 0 Å². The highest BCUT2D eigenvalue weighted by molar-refractivity contribution is 5.84. The highest BCUT2D eigenvalue weighted by Gasteiger charge is 2.23. The van der Waals surface area contributed by atoms with Crippen LogP contribution in [0.4, 0.5) is 5.69 Å². The van der Waals surface area contributed by atoms with E-state index in [0.717, 1.165) is 18.7 Å². The molecule has 7 nitrogen and oxygen atoms in total. The summed E-state index contributed by atoms with van der Waals surface area (Å²) in [5.41, 5.74) is 1.82. The Morgan fingerprint density at radius 1 is 1.00 bits per heavy atom. The second-order valence-electron chi connectivity index (χ2n) is 7.09. The normalized spacial score (nSPS) is 14.0. The number of carbonyl (C=O) groups excluding carboxylic acids is 1. The average Bonchev–Trinajstić information content (AvgIpc) is 2.78. The molecule has 0 saturated carbocycles. The van der Waals surface area contributed by atoms with E-state index in [1.54, 1.807) is 41.2 Å². The maximum absolute atomic E-state index is 12.8. The smallest absolute Gasteiger partial charge is 0.323 e. The Balaban J connectivity index is 1.55. The van der Waals surface area contributed by atoms with E-state index < -0.39 is 5.97 Å². The second kappa shape index (κ2) is 10.3. The van der Waals surface area contributed by atoms with E-state index >= 15 is 0 Å². The van der Waals surface area contributed by atoms with Crippen LogP contribution in [0.5, 0.6) is 5.75 Å². The van der Waals surface area contributed by atoms with Crippen molar-refractivity contribution in [3.8, 4) is 5.75 Å². The summed E-state index contributed by atoms with van der Waals surface area (Å²) in [5, 5.41) is 9.25. The lowest BCUT2D eigenvalue weighted by Gasteiger charge is -2.35. The first-order valence-corrected chi connectivity index (χ1v) is 9.91. The maximum atomic E-state index is 12.8. The average molecular weight is 409 g/mol. The Hall–Kier alpha value is -3.48. The second-order valence-corrected chi connectivity index (χ2v) is 7.09. The molecule has 1 saturated heterocycles. The summed E-state index contributed by atoms with van der Waals surface area (Å²) >= 11 is 0. The number of benzene rings is 2. The molecule has 7 heteroatoms. The van der Waals surface area contributed by atoms with Crippen molar-refractivity contribution in [2.24, 2.45) is 0 Å². The van der Waals surface area contributed by atoms with Gasteiger partial charge in [-0.3, -0.25) is 9.59 Å². The zero-order valence-electron chi connectivity index (χ0n) is 17.1. The molecule has 0 atom stereocenters. The van der Waals surface area contributed by atoms with Gasteiger partial charge >= 0.3 is 5.97 Å². The van der Waals surface area contributed by atoms with E-state index in [0.29, 0.717) is 24.5 Å². The van der Waals surface area contributed by atoms with Gasteiger partial charge in [-0.15, -0.1) is 0 Å². The van der Waals surface area contributed by atoms with Gasteiger partial charge in [0.05, 0.1) is 13.7 Å². The third-order valence-corrected chi connectivity index (χ3v) is 5.03. The van der Waals surface area contributed by atoms with Crippen molar-refractivity contribution in [2.75, 3.05) is 51.3 Å². The van der Waals surface area contributed by atoms with Crippen molar-refractivity contribution >= 4 is 23.6 Å². The molecule has 1 fully saturated rings. The number of amides is 1. The molecule has 1 N–H and O–H groups in total. The fourth-order valence-corrected chi connectivity index (χ4v) is 3.33. The molecule has 0 radical (unpaired) electrons. The Morgan fingerprint density at radius 2 is 1.67 bits per heavy atom. The number of piperazine rings is 1. The zero-order valence-corrected chi connectivity index (χ0v) is 17.1. The van der Waals surface area contributed by atoms with Gasteiger partial charge in [-0.25, -0.2) is 0 Å². The van der Waals surface area contributed by atoms with Crippen LogP contribution < -0.4 is 9.64 Å². The van der Waals surface area contributed by atoms with Gasteiger partial charge in [0.25, 0.3) is 0 Å². The fraction of sp³-hybridized carbons (Fsp3) is 0.304. The Labute approximate surface area is 176 Å². The minimum absolute atomic E-state index is 0.0263. The topological polar surface area (TPSA) is 73.3 Å². The molecule has 30 heavy (non-hydrogen) atoms. The van der Waals surface area contributed by atoms with Crippen LogP contribution in [0.25, 0.3) is 6.08 Å². The van der Waals surface area contributed by atoms with E-state index in [-0.39, 0.29) is 19.0 Å². The van der Waals surface area contributed by atoms with Gasteiger partial charge in [-0.05, 0) is 42.1 Å². The molecular weight excluding hydrogens is 382 g/mol. The lowest BCUT2D eigenvalue weighted by atomic mass is 10.2. The summed E-state index contributed by atoms with van der Waals surface area (Å²) in [4.78, 5) is 29.7. The molecule has 0 aromatic heterocycles. The molecule has 1 aliphatic heterocycles. The van der Waals surface area contributed by atoms with Gasteiger partial charge in [0.2, 0.25) is 5.91 Å². The summed E-state index contributed by atoms with van der Waals surface area (Å²) in [7, 11) is 1.57. The summed E-state index contributed by atoms with van der Waals surface area (Å²) in [6, 6.07) is 17.1. The minimum atomic E-state index is -0.977. The summed E-state index contributed by atoms with van der Waals surface area (Å²) in [6.07, 6.45) is 4.13. The SMILES string of the molecule is COc1ccc(N(CC(=O)O)CC(=O)N2CCN(C=Cc3ccccc3)CC2)cc1. The first kappa shape index (κ1) is 21.2. The van der Waals surface area contributed by atoms with Crippen LogP contribution in [0.3, 0.4) is 0 Å². The van der Waals surface area contributed by atoms with E-state index in [2.05, 4.69) is 17.2 Å². The number of carbonyl (C=O) groups is 2. The molecule has 2 aromatic carbocycles. The number of hydrogen-bond donors (Lipinski definition) is 1. The predicted octanol–water partition coefficient (Wildman–Crippen LogP) is 2.40. The van der Waals surface area contributed by atoms with Gasteiger partial charge in [0.1, 0.15) is 12.3 Å². The van der Waals surface area contributed by atoms with Crippen LogP contribution >= 0.6 is 0 Å². The number of aliphatic carboxylic acids is 1. The Kier molecular flexibility index (Phi) is 7.32. The van der Waals surface area contributed by atoms with Crippen molar-refractivity contribution in [3.05, 3.63) is 66.4 Å². The first-order valence-electron chi connectivity index (χ1n) is 9.91. The number of anilines is 1. The Bertz CT molecular complexity index is 860. The lowest BCUT2D eigenvalue weighted by Crippen LogP contribution is -2.50. The van der Waals surface area contributed by atoms with Crippen LogP contribution in [0.1, 0.15) is 5.56 Å². The Morgan fingerprint density at radius 3 is 2.27 bits per heavy atom. The number of carboxylic acids is 1. The van der Waals surface area contributed by atoms with Crippen molar-refractivity contribution in [2.45, 2.75) is 0 Å². The highest BCUT2D eigenvalue weighted by Crippen LogP contribution is 2.19. The van der Waals surface area contributed by atoms with Crippen LogP contribution in [-0.4, -0.2) is 73.2 Å². The molecule has 1 amide bonds. The predicted molar refractivity (Wildman–Crippen MR) is 116 cm³/mol. The summed E-state index contributed by atoms with van der Waals surface area (Å²) < 4.78 is 5.14. The van der Waals surface area contributed by atoms with E-state index in [4.69, 9.17) is 4.74 Å². The molecule has 0 bridgehead atoms. The number of carboxylic acid groups (broad SMARTS) is 1. The number of nitrogens with zero attached hydrogens (tertiary/aromatic N) is 3. The van der Waals surface area contributed by atoms with Gasteiger partial charge in [0.15, 0.2) is 0 Å². The van der Waals surface area contributed by atoms with Crippen LogP contribution in [-0.2, 0) is 9.59 Å². The van der Waals surface area contributed by atoms with E-state index in [1.165, 1.54) is 0 Å². The van der Waals surface area contributed by atoms with Crippen LogP contribution in [0.2, 0.25) is 0 Å². The van der Waals surface area contributed by atoms with Crippen molar-refractivity contribution in [1.82, 2.24) is 9.80 Å². The van der Waals surface area contributed by atoms with Crippen LogP contribution in [0.15, 0.2) is 60.8 Å². The van der Waals surface area contributed by atoms with Gasteiger partial charge in [0, 0.05) is 31.9 Å². The molecule has 1 aliphatic rings. The zero-order chi connectivity index (χ0) is 21.3. The fourth-order valence-electron chi connectivity index (χ4n) is 3.33. The molecule has 0 unspecified atom stereocenters. The molecule has 0 spiro atoms. The summed E-state index contributed by atoms with van der Waals surface area (Å²) in [5.74, 6) is -0.367. The third kappa shape index (κ3) is 6.01. The maximum Gasteiger partial charge on any atom is 0.323 e. The number of rotatable bonds is 8. The van der Waals surface area contributed by atoms with Crippen molar-refractivity contribution in [1.29, 1.82) is 0 Å². The molecule has 1 heterocycles. The standard InChI is InChI=1S/C23H27N3O4/c1-30-21-9-7-20(8-10-21)26(18-23(28)29)17-22(27)25-15-13-24(14-16-25)12-11-19-5-3-2-4-6-19/h2-12H,13-18H2,1H3,(H,28,29). The van der Waals surface area contributed by atoms with Crippen molar-refractivity contribution < 1.29 is 19.4 Å². The number of methoxy groups -OCH3 is 1.